The van der Waals surface area contributed by atoms with Crippen molar-refractivity contribution in [3.05, 3.63) is 88.3 Å². The van der Waals surface area contributed by atoms with Gasteiger partial charge in [-0.05, 0) is 17.7 Å². The standard InChI is InChI=1S/C20H16N4O3/c25-18-14-8-4-5-9-17(14)27-20(26)15(18)11-21-16(19-22-12-23-24-19)10-13-6-2-1-3-7-13/h1-9,11-12,16,25H,10H2,(H,22,23,24). The molecule has 2 heterocycles. The number of hydrogen-bond acceptors (Lipinski definition) is 6. The van der Waals surface area contributed by atoms with Crippen LogP contribution in [-0.2, 0) is 6.42 Å². The molecule has 2 aromatic heterocycles. The molecule has 0 amide bonds. The van der Waals surface area contributed by atoms with Gasteiger partial charge in [0.05, 0.1) is 5.39 Å². The second-order valence-corrected chi connectivity index (χ2v) is 6.00. The van der Waals surface area contributed by atoms with Crippen LogP contribution in [0.25, 0.3) is 11.0 Å². The number of nitrogens with one attached hydrogen (secondary N) is 1. The van der Waals surface area contributed by atoms with Gasteiger partial charge < -0.3 is 9.52 Å². The Hall–Kier alpha value is -3.74. The van der Waals surface area contributed by atoms with Gasteiger partial charge in [-0.2, -0.15) is 5.10 Å². The Bertz CT molecular complexity index is 1140. The predicted molar refractivity (Wildman–Crippen MR) is 101 cm³/mol. The first kappa shape index (κ1) is 16.7. The van der Waals surface area contributed by atoms with Gasteiger partial charge in [-0.15, -0.1) is 0 Å². The minimum Gasteiger partial charge on any atom is -0.506 e. The van der Waals surface area contributed by atoms with E-state index in [2.05, 4.69) is 20.2 Å². The van der Waals surface area contributed by atoms with Crippen molar-refractivity contribution in [2.75, 3.05) is 0 Å². The van der Waals surface area contributed by atoms with Crippen LogP contribution in [0.1, 0.15) is 23.0 Å². The molecule has 0 spiro atoms. The van der Waals surface area contributed by atoms with Gasteiger partial charge in [0.25, 0.3) is 0 Å². The molecule has 0 bridgehead atoms. The Morgan fingerprint density at radius 3 is 2.70 bits per heavy atom. The summed E-state index contributed by atoms with van der Waals surface area (Å²) in [5.41, 5.74) is 0.747. The highest BCUT2D eigenvalue weighted by molar-refractivity contribution is 5.93. The first-order valence-electron chi connectivity index (χ1n) is 8.39. The Morgan fingerprint density at radius 1 is 1.15 bits per heavy atom. The van der Waals surface area contributed by atoms with E-state index in [1.807, 2.05) is 30.3 Å². The molecule has 4 rings (SSSR count). The lowest BCUT2D eigenvalue weighted by molar-refractivity contribution is 0.466. The van der Waals surface area contributed by atoms with Gasteiger partial charge in [-0.3, -0.25) is 10.1 Å². The lowest BCUT2D eigenvalue weighted by atomic mass is 10.1. The molecular weight excluding hydrogens is 344 g/mol. The number of para-hydroxylation sites is 1. The summed E-state index contributed by atoms with van der Waals surface area (Å²) < 4.78 is 5.27. The van der Waals surface area contributed by atoms with Crippen LogP contribution in [0.4, 0.5) is 0 Å². The normalized spacial score (nSPS) is 12.6. The van der Waals surface area contributed by atoms with Crippen LogP contribution in [-0.4, -0.2) is 26.5 Å². The van der Waals surface area contributed by atoms with E-state index in [1.54, 1.807) is 24.3 Å². The van der Waals surface area contributed by atoms with Gasteiger partial charge in [-0.25, -0.2) is 9.78 Å². The minimum absolute atomic E-state index is 0.00581. The van der Waals surface area contributed by atoms with E-state index in [1.165, 1.54) is 12.5 Å². The number of benzene rings is 2. The van der Waals surface area contributed by atoms with Gasteiger partial charge >= 0.3 is 5.63 Å². The monoisotopic (exact) mass is 360 g/mol. The van der Waals surface area contributed by atoms with E-state index in [-0.39, 0.29) is 17.4 Å². The quantitative estimate of drug-likeness (QED) is 0.420. The topological polar surface area (TPSA) is 104 Å². The molecule has 4 aromatic rings. The number of H-pyrrole nitrogens is 1. The molecule has 134 valence electrons. The maximum atomic E-state index is 12.3. The van der Waals surface area contributed by atoms with Gasteiger partial charge in [0.1, 0.15) is 35.1 Å². The van der Waals surface area contributed by atoms with Crippen molar-refractivity contribution < 1.29 is 9.52 Å². The lowest BCUT2D eigenvalue weighted by Gasteiger charge is -2.10. The van der Waals surface area contributed by atoms with Gasteiger partial charge in [0.2, 0.25) is 0 Å². The minimum atomic E-state index is -0.647. The second kappa shape index (κ2) is 7.25. The average Bonchev–Trinajstić information content (AvgIpc) is 3.22. The van der Waals surface area contributed by atoms with Crippen LogP contribution in [0.3, 0.4) is 0 Å². The summed E-state index contributed by atoms with van der Waals surface area (Å²) in [7, 11) is 0. The zero-order valence-corrected chi connectivity index (χ0v) is 14.2. The zero-order chi connectivity index (χ0) is 18.6. The molecule has 1 atom stereocenters. The van der Waals surface area contributed by atoms with Crippen molar-refractivity contribution in [2.24, 2.45) is 4.99 Å². The average molecular weight is 360 g/mol. The van der Waals surface area contributed by atoms with E-state index < -0.39 is 5.63 Å². The molecule has 7 heteroatoms. The molecule has 0 aliphatic carbocycles. The summed E-state index contributed by atoms with van der Waals surface area (Å²) in [6.07, 6.45) is 3.31. The number of nitrogens with zero attached hydrogens (tertiary/aromatic N) is 3. The molecule has 0 saturated heterocycles. The summed E-state index contributed by atoms with van der Waals surface area (Å²) in [6.45, 7) is 0. The molecule has 2 aromatic carbocycles. The molecular formula is C20H16N4O3. The fraction of sp³-hybridized carbons (Fsp3) is 0.100. The summed E-state index contributed by atoms with van der Waals surface area (Å²) in [4.78, 5) is 20.9. The van der Waals surface area contributed by atoms with Crippen molar-refractivity contribution in [1.29, 1.82) is 0 Å². The molecule has 0 saturated carbocycles. The summed E-state index contributed by atoms with van der Waals surface area (Å²) >= 11 is 0. The number of aromatic nitrogens is 3. The first-order chi connectivity index (χ1) is 13.2. The smallest absolute Gasteiger partial charge is 0.348 e. The molecule has 7 nitrogen and oxygen atoms in total. The fourth-order valence-electron chi connectivity index (χ4n) is 2.86. The maximum Gasteiger partial charge on any atom is 0.348 e. The van der Waals surface area contributed by atoms with Crippen molar-refractivity contribution in [2.45, 2.75) is 12.5 Å². The van der Waals surface area contributed by atoms with Crippen LogP contribution in [0.2, 0.25) is 0 Å². The number of aliphatic imine (C=N–C) groups is 1. The van der Waals surface area contributed by atoms with E-state index in [9.17, 15) is 9.90 Å². The maximum absolute atomic E-state index is 12.3. The molecule has 1 unspecified atom stereocenters. The van der Waals surface area contributed by atoms with Crippen molar-refractivity contribution in [3.8, 4) is 5.75 Å². The Balaban J connectivity index is 1.72. The Kier molecular flexibility index (Phi) is 4.49. The molecule has 0 aliphatic heterocycles. The Morgan fingerprint density at radius 2 is 1.93 bits per heavy atom. The van der Waals surface area contributed by atoms with Crippen LogP contribution >= 0.6 is 0 Å². The molecule has 0 aliphatic rings. The van der Waals surface area contributed by atoms with E-state index in [4.69, 9.17) is 4.42 Å². The number of hydrogen-bond donors (Lipinski definition) is 2. The van der Waals surface area contributed by atoms with Gasteiger partial charge in [-0.1, -0.05) is 42.5 Å². The number of aromatic hydroxyl groups is 1. The van der Waals surface area contributed by atoms with Crippen LogP contribution in [0, 0.1) is 0 Å². The predicted octanol–water partition coefficient (Wildman–Crippen LogP) is 3.02. The highest BCUT2D eigenvalue weighted by atomic mass is 16.4. The lowest BCUT2D eigenvalue weighted by Crippen LogP contribution is -2.09. The molecule has 0 fully saturated rings. The molecule has 27 heavy (non-hydrogen) atoms. The Labute approximate surface area is 154 Å². The van der Waals surface area contributed by atoms with Crippen molar-refractivity contribution >= 4 is 17.2 Å². The molecule has 2 N–H and O–H groups in total. The third kappa shape index (κ3) is 3.48. The van der Waals surface area contributed by atoms with Crippen molar-refractivity contribution in [3.63, 3.8) is 0 Å². The van der Waals surface area contributed by atoms with Crippen LogP contribution in [0.5, 0.6) is 5.75 Å². The summed E-state index contributed by atoms with van der Waals surface area (Å²) in [5, 5.41) is 17.6. The summed E-state index contributed by atoms with van der Waals surface area (Å²) in [6, 6.07) is 16.2. The summed E-state index contributed by atoms with van der Waals surface area (Å²) in [5.74, 6) is 0.418. The fourth-order valence-corrected chi connectivity index (χ4v) is 2.86. The van der Waals surface area contributed by atoms with E-state index in [0.29, 0.717) is 23.2 Å². The van der Waals surface area contributed by atoms with Crippen LogP contribution in [0.15, 0.2) is 75.1 Å². The van der Waals surface area contributed by atoms with Crippen molar-refractivity contribution in [1.82, 2.24) is 15.2 Å². The van der Waals surface area contributed by atoms with Crippen LogP contribution < -0.4 is 5.63 Å². The molecule has 0 radical (unpaired) electrons. The highest BCUT2D eigenvalue weighted by Gasteiger charge is 2.16. The van der Waals surface area contributed by atoms with E-state index >= 15 is 0 Å². The first-order valence-corrected chi connectivity index (χ1v) is 8.39. The van der Waals surface area contributed by atoms with E-state index in [0.717, 1.165) is 5.56 Å². The van der Waals surface area contributed by atoms with Gasteiger partial charge in [0, 0.05) is 12.6 Å². The third-order valence-electron chi connectivity index (χ3n) is 4.22. The second-order valence-electron chi connectivity index (χ2n) is 6.00. The van der Waals surface area contributed by atoms with Gasteiger partial charge in [0.15, 0.2) is 0 Å². The number of rotatable bonds is 5. The zero-order valence-electron chi connectivity index (χ0n) is 14.2. The largest absolute Gasteiger partial charge is 0.506 e. The highest BCUT2D eigenvalue weighted by Crippen LogP contribution is 2.26. The number of fused-ring (bicyclic) bond motifs is 1. The SMILES string of the molecule is O=c1oc2ccccc2c(O)c1C=NC(Cc1ccccc1)c1ncn[nH]1. The third-order valence-corrected chi connectivity index (χ3v) is 4.22. The number of aromatic amines is 1.